The maximum absolute atomic E-state index is 5.58. The van der Waals surface area contributed by atoms with Crippen LogP contribution in [-0.2, 0) is 0 Å². The number of nitrogens with one attached hydrogen (secondary N) is 1. The second-order valence-corrected chi connectivity index (χ2v) is 6.50. The van der Waals surface area contributed by atoms with Crippen molar-refractivity contribution >= 4 is 11.6 Å². The topological polar surface area (TPSA) is 74.1 Å². The Morgan fingerprint density at radius 1 is 1.00 bits per heavy atom. The van der Waals surface area contributed by atoms with Crippen molar-refractivity contribution in [3.05, 3.63) is 64.7 Å². The van der Waals surface area contributed by atoms with Gasteiger partial charge in [0.1, 0.15) is 17.5 Å². The van der Waals surface area contributed by atoms with Gasteiger partial charge >= 0.3 is 0 Å². The van der Waals surface area contributed by atoms with E-state index in [0.717, 1.165) is 28.3 Å². The van der Waals surface area contributed by atoms with Crippen molar-refractivity contribution in [2.24, 2.45) is 0 Å². The highest BCUT2D eigenvalue weighted by molar-refractivity contribution is 5.77. The van der Waals surface area contributed by atoms with Crippen LogP contribution in [-0.4, -0.2) is 34.4 Å². The summed E-state index contributed by atoms with van der Waals surface area (Å²) in [5, 5.41) is 15.4. The van der Waals surface area contributed by atoms with Crippen LogP contribution in [0.15, 0.2) is 42.5 Å². The molecule has 7 heteroatoms. The molecular formula is C20H21N5O2. The zero-order valence-corrected chi connectivity index (χ0v) is 15.7. The van der Waals surface area contributed by atoms with E-state index in [1.165, 1.54) is 11.1 Å². The summed E-state index contributed by atoms with van der Waals surface area (Å²) >= 11 is 0. The molecule has 1 aliphatic heterocycles. The molecule has 1 aliphatic rings. The molecule has 7 nitrogen and oxygen atoms in total. The number of ether oxygens (including phenoxy) is 2. The summed E-state index contributed by atoms with van der Waals surface area (Å²) in [5.74, 6) is 2.08. The predicted molar refractivity (Wildman–Crippen MR) is 103 cm³/mol. The standard InChI is InChI=1S/C20H21N5O2/c1-12-5-6-14(9-13(12)2)17-11-18(25-20(21-17)22-23-24-25)16-10-15(26-3)7-8-19(16)27-4/h5-11,18H,1-4H3,(H,21,22,24)/t18-/m1/s1. The fourth-order valence-corrected chi connectivity index (χ4v) is 3.22. The van der Waals surface area contributed by atoms with Crippen LogP contribution in [0.2, 0.25) is 0 Å². The van der Waals surface area contributed by atoms with E-state index in [4.69, 9.17) is 9.47 Å². The van der Waals surface area contributed by atoms with E-state index in [1.807, 2.05) is 18.2 Å². The molecule has 0 aliphatic carbocycles. The van der Waals surface area contributed by atoms with Gasteiger partial charge in [-0.25, -0.2) is 0 Å². The SMILES string of the molecule is COc1ccc(OC)c([C@H]2C=C(c3ccc(C)c(C)c3)Nc3nnnn32)c1. The van der Waals surface area contributed by atoms with Crippen molar-refractivity contribution in [1.82, 2.24) is 20.2 Å². The van der Waals surface area contributed by atoms with E-state index >= 15 is 0 Å². The maximum Gasteiger partial charge on any atom is 0.248 e. The van der Waals surface area contributed by atoms with E-state index in [-0.39, 0.29) is 6.04 Å². The minimum absolute atomic E-state index is 0.224. The first-order chi connectivity index (χ1) is 13.1. The largest absolute Gasteiger partial charge is 0.497 e. The fourth-order valence-electron chi connectivity index (χ4n) is 3.22. The molecule has 0 amide bonds. The molecule has 2 heterocycles. The molecule has 0 saturated heterocycles. The van der Waals surface area contributed by atoms with E-state index in [2.05, 4.69) is 59.0 Å². The molecule has 1 aromatic heterocycles. The third kappa shape index (κ3) is 3.01. The molecule has 1 N–H and O–H groups in total. The van der Waals surface area contributed by atoms with Gasteiger partial charge in [0.05, 0.1) is 14.2 Å². The number of allylic oxidation sites excluding steroid dienone is 1. The van der Waals surface area contributed by atoms with E-state index in [0.29, 0.717) is 5.95 Å². The van der Waals surface area contributed by atoms with Crippen LogP contribution in [0, 0.1) is 13.8 Å². The molecule has 0 bridgehead atoms. The van der Waals surface area contributed by atoms with E-state index in [9.17, 15) is 0 Å². The molecule has 27 heavy (non-hydrogen) atoms. The number of tetrazole rings is 1. The lowest BCUT2D eigenvalue weighted by Crippen LogP contribution is -2.21. The van der Waals surface area contributed by atoms with Crippen molar-refractivity contribution in [2.75, 3.05) is 19.5 Å². The Morgan fingerprint density at radius 2 is 1.85 bits per heavy atom. The Hall–Kier alpha value is -3.35. The number of fused-ring (bicyclic) bond motifs is 1. The van der Waals surface area contributed by atoms with Gasteiger partial charge < -0.3 is 14.8 Å². The monoisotopic (exact) mass is 363 g/mol. The molecule has 138 valence electrons. The van der Waals surface area contributed by atoms with Crippen LogP contribution in [0.3, 0.4) is 0 Å². The van der Waals surface area contributed by atoms with Crippen LogP contribution in [0.4, 0.5) is 5.95 Å². The number of hydrogen-bond acceptors (Lipinski definition) is 6. The van der Waals surface area contributed by atoms with E-state index in [1.54, 1.807) is 18.9 Å². The summed E-state index contributed by atoms with van der Waals surface area (Å²) in [6.07, 6.45) is 2.10. The Morgan fingerprint density at radius 3 is 2.59 bits per heavy atom. The van der Waals surface area contributed by atoms with Crippen molar-refractivity contribution in [3.63, 3.8) is 0 Å². The summed E-state index contributed by atoms with van der Waals surface area (Å²) < 4.78 is 12.7. The third-order valence-corrected chi connectivity index (χ3v) is 4.90. The van der Waals surface area contributed by atoms with Crippen LogP contribution < -0.4 is 14.8 Å². The number of hydrogen-bond donors (Lipinski definition) is 1. The van der Waals surface area contributed by atoms with Crippen molar-refractivity contribution in [1.29, 1.82) is 0 Å². The zero-order chi connectivity index (χ0) is 19.0. The second kappa shape index (κ2) is 6.75. The molecule has 0 unspecified atom stereocenters. The van der Waals surface area contributed by atoms with Gasteiger partial charge in [-0.15, -0.1) is 0 Å². The second-order valence-electron chi connectivity index (χ2n) is 6.50. The minimum atomic E-state index is -0.224. The summed E-state index contributed by atoms with van der Waals surface area (Å²) in [6, 6.07) is 11.9. The first kappa shape index (κ1) is 17.1. The van der Waals surface area contributed by atoms with Gasteiger partial charge in [0.25, 0.3) is 0 Å². The lowest BCUT2D eigenvalue weighted by atomic mass is 9.98. The zero-order valence-electron chi connectivity index (χ0n) is 15.7. The van der Waals surface area contributed by atoms with Crippen molar-refractivity contribution < 1.29 is 9.47 Å². The maximum atomic E-state index is 5.58. The number of rotatable bonds is 4. The van der Waals surface area contributed by atoms with Gasteiger partial charge in [-0.2, -0.15) is 4.68 Å². The molecule has 3 aromatic rings. The van der Waals surface area contributed by atoms with E-state index < -0.39 is 0 Å². The van der Waals surface area contributed by atoms with Crippen LogP contribution in [0.1, 0.15) is 28.3 Å². The molecule has 0 radical (unpaired) electrons. The van der Waals surface area contributed by atoms with Gasteiger partial charge in [0, 0.05) is 11.3 Å². The van der Waals surface area contributed by atoms with Crippen LogP contribution in [0.25, 0.3) is 5.70 Å². The predicted octanol–water partition coefficient (Wildman–Crippen LogP) is 3.36. The Kier molecular flexibility index (Phi) is 4.27. The highest BCUT2D eigenvalue weighted by Gasteiger charge is 2.27. The third-order valence-electron chi connectivity index (χ3n) is 4.90. The van der Waals surface area contributed by atoms with Crippen molar-refractivity contribution in [3.8, 4) is 11.5 Å². The first-order valence-corrected chi connectivity index (χ1v) is 8.67. The lowest BCUT2D eigenvalue weighted by Gasteiger charge is -2.25. The number of aryl methyl sites for hydroxylation is 2. The van der Waals surface area contributed by atoms with Gasteiger partial charge in [0.15, 0.2) is 0 Å². The van der Waals surface area contributed by atoms with Gasteiger partial charge in [-0.05, 0) is 71.3 Å². The minimum Gasteiger partial charge on any atom is -0.497 e. The Labute approximate surface area is 157 Å². The Bertz CT molecular complexity index is 1020. The van der Waals surface area contributed by atoms with Crippen LogP contribution in [0.5, 0.6) is 11.5 Å². The number of aromatic nitrogens is 4. The highest BCUT2D eigenvalue weighted by atomic mass is 16.5. The first-order valence-electron chi connectivity index (χ1n) is 8.67. The van der Waals surface area contributed by atoms with Gasteiger partial charge in [-0.3, -0.25) is 0 Å². The average molecular weight is 363 g/mol. The molecule has 1 atom stereocenters. The summed E-state index contributed by atoms with van der Waals surface area (Å²) in [6.45, 7) is 4.21. The molecule has 0 saturated carbocycles. The smallest absolute Gasteiger partial charge is 0.248 e. The number of benzene rings is 2. The quantitative estimate of drug-likeness (QED) is 0.766. The van der Waals surface area contributed by atoms with Crippen molar-refractivity contribution in [2.45, 2.75) is 19.9 Å². The lowest BCUT2D eigenvalue weighted by molar-refractivity contribution is 0.393. The summed E-state index contributed by atoms with van der Waals surface area (Å²) in [4.78, 5) is 0. The molecule has 2 aromatic carbocycles. The molecule has 0 spiro atoms. The number of nitrogens with zero attached hydrogens (tertiary/aromatic N) is 4. The van der Waals surface area contributed by atoms with Gasteiger partial charge in [0.2, 0.25) is 5.95 Å². The number of anilines is 1. The highest BCUT2D eigenvalue weighted by Crippen LogP contribution is 2.37. The summed E-state index contributed by atoms with van der Waals surface area (Å²) in [5.41, 5.74) is 5.45. The normalized spacial score (nSPS) is 15.6. The van der Waals surface area contributed by atoms with Gasteiger partial charge in [-0.1, -0.05) is 17.2 Å². The molecule has 0 fully saturated rings. The summed E-state index contributed by atoms with van der Waals surface area (Å²) in [7, 11) is 3.30. The number of methoxy groups -OCH3 is 2. The molecule has 4 rings (SSSR count). The Balaban J connectivity index is 1.86. The fraction of sp³-hybridized carbons (Fsp3) is 0.250. The van der Waals surface area contributed by atoms with Crippen LogP contribution >= 0.6 is 0 Å². The average Bonchev–Trinajstić information content (AvgIpc) is 3.17. The molecular weight excluding hydrogens is 342 g/mol.